The van der Waals surface area contributed by atoms with Crippen LogP contribution >= 0.6 is 0 Å². The minimum absolute atomic E-state index is 0.257. The van der Waals surface area contributed by atoms with E-state index >= 15 is 0 Å². The first-order valence-electron chi connectivity index (χ1n) is 9.47. The number of halogens is 1. The van der Waals surface area contributed by atoms with E-state index in [0.717, 1.165) is 11.1 Å². The van der Waals surface area contributed by atoms with Crippen molar-refractivity contribution in [3.63, 3.8) is 0 Å². The number of rotatable bonds is 2. The van der Waals surface area contributed by atoms with Crippen molar-refractivity contribution in [3.05, 3.63) is 82.4 Å². The molecule has 0 saturated heterocycles. The summed E-state index contributed by atoms with van der Waals surface area (Å²) < 4.78 is 14.9. The zero-order chi connectivity index (χ0) is 21.2. The molecule has 6 nitrogen and oxygen atoms in total. The van der Waals surface area contributed by atoms with Crippen molar-refractivity contribution in [3.8, 4) is 5.69 Å². The second kappa shape index (κ2) is 6.32. The van der Waals surface area contributed by atoms with Crippen molar-refractivity contribution in [2.24, 2.45) is 0 Å². The summed E-state index contributed by atoms with van der Waals surface area (Å²) in [7, 11) is 0. The van der Waals surface area contributed by atoms with E-state index < -0.39 is 11.8 Å². The van der Waals surface area contributed by atoms with Crippen LogP contribution in [0.5, 0.6) is 0 Å². The zero-order valence-electron chi connectivity index (χ0n) is 16.6. The van der Waals surface area contributed by atoms with Gasteiger partial charge < -0.3 is 0 Å². The maximum absolute atomic E-state index is 13.4. The van der Waals surface area contributed by atoms with Crippen LogP contribution in [0.25, 0.3) is 16.7 Å². The molecule has 0 radical (unpaired) electrons. The third-order valence-corrected chi connectivity index (χ3v) is 5.54. The van der Waals surface area contributed by atoms with Gasteiger partial charge in [-0.25, -0.2) is 19.0 Å². The van der Waals surface area contributed by atoms with Crippen molar-refractivity contribution in [1.82, 2.24) is 14.8 Å². The lowest BCUT2D eigenvalue weighted by Gasteiger charge is -2.15. The van der Waals surface area contributed by atoms with Crippen molar-refractivity contribution >= 4 is 28.5 Å². The molecule has 2 aromatic heterocycles. The average Bonchev–Trinajstić information content (AvgIpc) is 3.19. The van der Waals surface area contributed by atoms with Gasteiger partial charge in [-0.15, -0.1) is 0 Å². The summed E-state index contributed by atoms with van der Waals surface area (Å²) in [4.78, 5) is 32.0. The van der Waals surface area contributed by atoms with Gasteiger partial charge in [-0.3, -0.25) is 9.59 Å². The Bertz CT molecular complexity index is 1370. The normalized spacial score (nSPS) is 13.4. The number of hydrogen-bond donors (Lipinski definition) is 0. The number of benzene rings is 2. The molecule has 0 unspecified atom stereocenters. The molecular weight excluding hydrogens is 383 g/mol. The Hall–Kier alpha value is -3.87. The largest absolute Gasteiger partial charge is 0.268 e. The number of aryl methyl sites for hydroxylation is 3. The Labute approximate surface area is 171 Å². The van der Waals surface area contributed by atoms with Gasteiger partial charge in [0.25, 0.3) is 11.8 Å². The highest BCUT2D eigenvalue weighted by molar-refractivity contribution is 6.37. The van der Waals surface area contributed by atoms with Gasteiger partial charge in [0, 0.05) is 6.20 Å². The van der Waals surface area contributed by atoms with E-state index in [4.69, 9.17) is 0 Å². The molecule has 3 heterocycles. The molecular formula is C23H17FN4O2. The monoisotopic (exact) mass is 400 g/mol. The lowest BCUT2D eigenvalue weighted by molar-refractivity contribution is 0.0926. The van der Waals surface area contributed by atoms with Crippen molar-refractivity contribution < 1.29 is 14.0 Å². The Morgan fingerprint density at radius 2 is 1.57 bits per heavy atom. The van der Waals surface area contributed by atoms with Gasteiger partial charge in [-0.05, 0) is 68.3 Å². The Morgan fingerprint density at radius 1 is 0.867 bits per heavy atom. The third-order valence-electron chi connectivity index (χ3n) is 5.54. The molecule has 2 amide bonds. The van der Waals surface area contributed by atoms with Crippen LogP contribution in [-0.4, -0.2) is 26.6 Å². The number of anilines is 1. The molecule has 7 heteroatoms. The molecule has 5 rings (SSSR count). The molecule has 0 bridgehead atoms. The number of imide groups is 1. The van der Waals surface area contributed by atoms with Gasteiger partial charge in [0.1, 0.15) is 5.82 Å². The van der Waals surface area contributed by atoms with Gasteiger partial charge in [0.15, 0.2) is 5.65 Å². The number of nitrogens with zero attached hydrogens (tertiary/aromatic N) is 4. The molecule has 2 aromatic carbocycles. The molecule has 1 aliphatic heterocycles. The fourth-order valence-corrected chi connectivity index (χ4v) is 3.82. The van der Waals surface area contributed by atoms with E-state index in [0.29, 0.717) is 33.7 Å². The molecule has 0 fully saturated rings. The lowest BCUT2D eigenvalue weighted by atomic mass is 10.1. The lowest BCUT2D eigenvalue weighted by Crippen LogP contribution is -2.29. The van der Waals surface area contributed by atoms with Crippen molar-refractivity contribution in [1.29, 1.82) is 0 Å². The van der Waals surface area contributed by atoms with Crippen LogP contribution in [0.1, 0.15) is 37.5 Å². The quantitative estimate of drug-likeness (QED) is 0.471. The first-order valence-corrected chi connectivity index (χ1v) is 9.47. The Kier molecular flexibility index (Phi) is 3.83. The van der Waals surface area contributed by atoms with Crippen LogP contribution in [0, 0.1) is 26.6 Å². The maximum atomic E-state index is 13.4. The fraction of sp³-hybridized carbons (Fsp3) is 0.130. The number of carbonyl (C=O) groups is 2. The molecule has 0 N–H and O–H groups in total. The van der Waals surface area contributed by atoms with Crippen molar-refractivity contribution in [2.75, 3.05) is 4.90 Å². The van der Waals surface area contributed by atoms with Crippen LogP contribution in [0.2, 0.25) is 0 Å². The van der Waals surface area contributed by atoms with Gasteiger partial charge >= 0.3 is 0 Å². The van der Waals surface area contributed by atoms with E-state index in [1.54, 1.807) is 29.8 Å². The number of hydrogen-bond acceptors (Lipinski definition) is 4. The first-order chi connectivity index (χ1) is 14.4. The average molecular weight is 400 g/mol. The topological polar surface area (TPSA) is 68.1 Å². The molecule has 4 aromatic rings. The molecule has 148 valence electrons. The molecule has 30 heavy (non-hydrogen) atoms. The standard InChI is InChI=1S/C23H17FN4O2/c1-12-4-7-17(10-13(12)2)27-22(29)18-11-25-21-19(20(18)23(27)30)14(3)26-28(21)16-8-5-15(24)6-9-16/h4-11H,1-3H3. The van der Waals surface area contributed by atoms with Crippen LogP contribution < -0.4 is 4.90 Å². The predicted octanol–water partition coefficient (Wildman–Crippen LogP) is 4.29. The van der Waals surface area contributed by atoms with Crippen LogP contribution in [0.15, 0.2) is 48.7 Å². The molecule has 1 aliphatic rings. The number of pyridine rings is 1. The first kappa shape index (κ1) is 18.2. The minimum atomic E-state index is -0.401. The van der Waals surface area contributed by atoms with E-state index in [1.807, 2.05) is 26.0 Å². The van der Waals surface area contributed by atoms with E-state index in [2.05, 4.69) is 10.1 Å². The second-order valence-electron chi connectivity index (χ2n) is 7.43. The highest BCUT2D eigenvalue weighted by Gasteiger charge is 2.40. The SMILES string of the molecule is Cc1ccc(N2C(=O)c3cnc4c(c(C)nn4-c4ccc(F)cc4)c3C2=O)cc1C. The van der Waals surface area contributed by atoms with Gasteiger partial charge in [0.2, 0.25) is 0 Å². The molecule has 0 saturated carbocycles. The zero-order valence-corrected chi connectivity index (χ0v) is 16.6. The van der Waals surface area contributed by atoms with Crippen molar-refractivity contribution in [2.45, 2.75) is 20.8 Å². The van der Waals surface area contributed by atoms with Gasteiger partial charge in [0.05, 0.1) is 33.6 Å². The Morgan fingerprint density at radius 3 is 2.27 bits per heavy atom. The summed E-state index contributed by atoms with van der Waals surface area (Å²) in [6.07, 6.45) is 1.42. The summed E-state index contributed by atoms with van der Waals surface area (Å²) in [6, 6.07) is 11.3. The van der Waals surface area contributed by atoms with E-state index in [1.165, 1.54) is 23.2 Å². The maximum Gasteiger partial charge on any atom is 0.267 e. The summed E-state index contributed by atoms with van der Waals surface area (Å²) >= 11 is 0. The summed E-state index contributed by atoms with van der Waals surface area (Å²) in [6.45, 7) is 5.68. The van der Waals surface area contributed by atoms with Crippen LogP contribution in [-0.2, 0) is 0 Å². The third kappa shape index (κ3) is 2.48. The fourth-order valence-electron chi connectivity index (χ4n) is 3.82. The second-order valence-corrected chi connectivity index (χ2v) is 7.43. The summed E-state index contributed by atoms with van der Waals surface area (Å²) in [5.41, 5.74) is 4.79. The summed E-state index contributed by atoms with van der Waals surface area (Å²) in [5.74, 6) is -1.15. The smallest absolute Gasteiger partial charge is 0.267 e. The number of amides is 2. The van der Waals surface area contributed by atoms with Gasteiger partial charge in [-0.2, -0.15) is 5.10 Å². The number of fused-ring (bicyclic) bond motifs is 3. The number of aromatic nitrogens is 3. The van der Waals surface area contributed by atoms with E-state index in [9.17, 15) is 14.0 Å². The number of carbonyl (C=O) groups excluding carboxylic acids is 2. The predicted molar refractivity (Wildman–Crippen MR) is 111 cm³/mol. The van der Waals surface area contributed by atoms with E-state index in [-0.39, 0.29) is 11.4 Å². The highest BCUT2D eigenvalue weighted by atomic mass is 19.1. The summed E-state index contributed by atoms with van der Waals surface area (Å²) in [5, 5.41) is 5.03. The molecule has 0 spiro atoms. The molecule has 0 aliphatic carbocycles. The van der Waals surface area contributed by atoms with Crippen LogP contribution in [0.3, 0.4) is 0 Å². The highest BCUT2D eigenvalue weighted by Crippen LogP contribution is 2.35. The van der Waals surface area contributed by atoms with Gasteiger partial charge in [-0.1, -0.05) is 6.07 Å². The minimum Gasteiger partial charge on any atom is -0.268 e. The Balaban J connectivity index is 1.70. The van der Waals surface area contributed by atoms with Crippen LogP contribution in [0.4, 0.5) is 10.1 Å². The molecule has 0 atom stereocenters.